The summed E-state index contributed by atoms with van der Waals surface area (Å²) >= 11 is 6.01. The normalized spacial score (nSPS) is 10.8. The molecule has 4 heteroatoms. The highest BCUT2D eigenvalue weighted by atomic mass is 35.5. The molecule has 0 atom stereocenters. The van der Waals surface area contributed by atoms with Gasteiger partial charge >= 0.3 is 5.97 Å². The summed E-state index contributed by atoms with van der Waals surface area (Å²) in [6.07, 6.45) is 0.163. The van der Waals surface area contributed by atoms with Crippen LogP contribution in [0.2, 0.25) is 5.02 Å². The van der Waals surface area contributed by atoms with Gasteiger partial charge in [0.2, 0.25) is 0 Å². The Labute approximate surface area is 101 Å². The number of carboxylic acid groups (broad SMARTS) is 1. The summed E-state index contributed by atoms with van der Waals surface area (Å²) in [5, 5.41) is 9.32. The molecule has 0 spiro atoms. The van der Waals surface area contributed by atoms with Crippen molar-refractivity contribution in [3.05, 3.63) is 34.3 Å². The van der Waals surface area contributed by atoms with Gasteiger partial charge in [0.15, 0.2) is 0 Å². The molecule has 0 unspecified atom stereocenters. The number of hydrogen-bond donors (Lipinski definition) is 1. The number of hydrogen-bond acceptors (Lipinski definition) is 2. The summed E-state index contributed by atoms with van der Waals surface area (Å²) in [5.41, 5.74) is 2.15. The molecule has 0 saturated carbocycles. The molecule has 1 aromatic rings. The van der Waals surface area contributed by atoms with E-state index in [0.29, 0.717) is 13.1 Å². The highest BCUT2D eigenvalue weighted by molar-refractivity contribution is 6.31. The van der Waals surface area contributed by atoms with E-state index in [-0.39, 0.29) is 6.42 Å². The topological polar surface area (TPSA) is 40.5 Å². The molecule has 1 N–H and O–H groups in total. The predicted octanol–water partition coefficient (Wildman–Crippen LogP) is 2.55. The number of halogens is 1. The monoisotopic (exact) mass is 241 g/mol. The molecule has 0 bridgehead atoms. The quantitative estimate of drug-likeness (QED) is 0.861. The number of rotatable bonds is 5. The second-order valence-electron chi connectivity index (χ2n) is 3.97. The van der Waals surface area contributed by atoms with Crippen molar-refractivity contribution in [2.24, 2.45) is 0 Å². The van der Waals surface area contributed by atoms with E-state index in [9.17, 15) is 4.79 Å². The van der Waals surface area contributed by atoms with Crippen LogP contribution in [0.3, 0.4) is 0 Å². The van der Waals surface area contributed by atoms with Crippen molar-refractivity contribution in [1.82, 2.24) is 4.90 Å². The highest BCUT2D eigenvalue weighted by Crippen LogP contribution is 2.17. The van der Waals surface area contributed by atoms with Crippen LogP contribution in [0.4, 0.5) is 0 Å². The fourth-order valence-corrected chi connectivity index (χ4v) is 1.62. The van der Waals surface area contributed by atoms with E-state index in [1.165, 1.54) is 0 Å². The van der Waals surface area contributed by atoms with Crippen LogP contribution >= 0.6 is 11.6 Å². The summed E-state index contributed by atoms with van der Waals surface area (Å²) in [6, 6.07) is 5.91. The first kappa shape index (κ1) is 13.0. The van der Waals surface area contributed by atoms with Gasteiger partial charge in [-0.2, -0.15) is 0 Å². The van der Waals surface area contributed by atoms with E-state index >= 15 is 0 Å². The molecule has 0 aliphatic heterocycles. The number of carbonyl (C=O) groups is 1. The zero-order valence-corrected chi connectivity index (χ0v) is 10.3. The fourth-order valence-electron chi connectivity index (χ4n) is 1.41. The van der Waals surface area contributed by atoms with E-state index in [0.717, 1.165) is 16.1 Å². The van der Waals surface area contributed by atoms with Gasteiger partial charge in [0, 0.05) is 18.1 Å². The third-order valence-corrected chi connectivity index (χ3v) is 2.80. The zero-order valence-electron chi connectivity index (χ0n) is 9.53. The van der Waals surface area contributed by atoms with Crippen LogP contribution in [0, 0.1) is 6.92 Å². The number of nitrogens with zero attached hydrogens (tertiary/aromatic N) is 1. The van der Waals surface area contributed by atoms with Crippen LogP contribution in [-0.4, -0.2) is 29.6 Å². The molecule has 3 nitrogen and oxygen atoms in total. The van der Waals surface area contributed by atoms with E-state index in [1.807, 2.05) is 37.1 Å². The molecule has 1 aromatic carbocycles. The Morgan fingerprint density at radius 1 is 1.50 bits per heavy atom. The van der Waals surface area contributed by atoms with Crippen molar-refractivity contribution in [2.75, 3.05) is 13.6 Å². The van der Waals surface area contributed by atoms with Crippen molar-refractivity contribution >= 4 is 17.6 Å². The van der Waals surface area contributed by atoms with Gasteiger partial charge in [0.25, 0.3) is 0 Å². The summed E-state index contributed by atoms with van der Waals surface area (Å²) in [5.74, 6) is -0.770. The Hall–Kier alpha value is -1.06. The lowest BCUT2D eigenvalue weighted by molar-refractivity contribution is -0.137. The lowest BCUT2D eigenvalue weighted by Crippen LogP contribution is -2.21. The first-order valence-electron chi connectivity index (χ1n) is 5.14. The maximum Gasteiger partial charge on any atom is 0.304 e. The van der Waals surface area contributed by atoms with Crippen molar-refractivity contribution in [3.8, 4) is 0 Å². The first-order chi connectivity index (χ1) is 7.49. The van der Waals surface area contributed by atoms with Gasteiger partial charge in [-0.3, -0.25) is 4.79 Å². The minimum absolute atomic E-state index is 0.163. The predicted molar refractivity (Wildman–Crippen MR) is 64.8 cm³/mol. The van der Waals surface area contributed by atoms with E-state index < -0.39 is 5.97 Å². The number of aliphatic carboxylic acids is 1. The lowest BCUT2D eigenvalue weighted by atomic mass is 10.1. The average molecular weight is 242 g/mol. The Morgan fingerprint density at radius 3 is 2.75 bits per heavy atom. The standard InChI is InChI=1S/C12H16ClNO2/c1-9-3-4-10(7-11(9)13)8-14(2)6-5-12(15)16/h3-4,7H,5-6,8H2,1-2H3,(H,15,16). The molecular weight excluding hydrogens is 226 g/mol. The van der Waals surface area contributed by atoms with Gasteiger partial charge < -0.3 is 10.0 Å². The van der Waals surface area contributed by atoms with E-state index in [4.69, 9.17) is 16.7 Å². The summed E-state index contributed by atoms with van der Waals surface area (Å²) < 4.78 is 0. The van der Waals surface area contributed by atoms with Crippen molar-refractivity contribution in [3.63, 3.8) is 0 Å². The maximum absolute atomic E-state index is 10.4. The molecule has 0 amide bonds. The van der Waals surface area contributed by atoms with Crippen LogP contribution in [-0.2, 0) is 11.3 Å². The van der Waals surface area contributed by atoms with Gasteiger partial charge in [-0.25, -0.2) is 0 Å². The number of benzene rings is 1. The molecule has 0 fully saturated rings. The molecular formula is C12H16ClNO2. The van der Waals surface area contributed by atoms with Crippen molar-refractivity contribution < 1.29 is 9.90 Å². The maximum atomic E-state index is 10.4. The molecule has 0 aliphatic rings. The van der Waals surface area contributed by atoms with E-state index in [1.54, 1.807) is 0 Å². The summed E-state index contributed by atoms with van der Waals surface area (Å²) in [6.45, 7) is 3.22. The van der Waals surface area contributed by atoms with Gasteiger partial charge in [0.05, 0.1) is 6.42 Å². The SMILES string of the molecule is Cc1ccc(CN(C)CCC(=O)O)cc1Cl. The average Bonchev–Trinajstić information content (AvgIpc) is 2.21. The van der Waals surface area contributed by atoms with E-state index in [2.05, 4.69) is 0 Å². The third-order valence-electron chi connectivity index (χ3n) is 2.40. The summed E-state index contributed by atoms with van der Waals surface area (Å²) in [7, 11) is 1.90. The molecule has 0 heterocycles. The van der Waals surface area contributed by atoms with Crippen molar-refractivity contribution in [2.45, 2.75) is 19.9 Å². The van der Waals surface area contributed by atoms with Gasteiger partial charge in [-0.05, 0) is 31.2 Å². The zero-order chi connectivity index (χ0) is 12.1. The Kier molecular flexibility index (Phi) is 4.77. The van der Waals surface area contributed by atoms with Crippen LogP contribution in [0.1, 0.15) is 17.5 Å². The Balaban J connectivity index is 2.52. The van der Waals surface area contributed by atoms with Gasteiger partial charge in [-0.1, -0.05) is 23.7 Å². The van der Waals surface area contributed by atoms with Crippen LogP contribution in [0.5, 0.6) is 0 Å². The number of aryl methyl sites for hydroxylation is 1. The second kappa shape index (κ2) is 5.87. The van der Waals surface area contributed by atoms with Crippen molar-refractivity contribution in [1.29, 1.82) is 0 Å². The molecule has 0 aromatic heterocycles. The lowest BCUT2D eigenvalue weighted by Gasteiger charge is -2.15. The minimum Gasteiger partial charge on any atom is -0.481 e. The largest absolute Gasteiger partial charge is 0.481 e. The minimum atomic E-state index is -0.770. The molecule has 1 rings (SSSR count). The number of carboxylic acids is 1. The Morgan fingerprint density at radius 2 is 2.19 bits per heavy atom. The second-order valence-corrected chi connectivity index (χ2v) is 4.37. The molecule has 16 heavy (non-hydrogen) atoms. The van der Waals surface area contributed by atoms with Gasteiger partial charge in [-0.15, -0.1) is 0 Å². The van der Waals surface area contributed by atoms with Crippen LogP contribution in [0.15, 0.2) is 18.2 Å². The molecule has 88 valence electrons. The molecule has 0 aliphatic carbocycles. The van der Waals surface area contributed by atoms with Crippen LogP contribution < -0.4 is 0 Å². The summed E-state index contributed by atoms with van der Waals surface area (Å²) in [4.78, 5) is 12.4. The fraction of sp³-hybridized carbons (Fsp3) is 0.417. The Bertz CT molecular complexity index is 379. The van der Waals surface area contributed by atoms with Gasteiger partial charge in [0.1, 0.15) is 0 Å². The molecule has 0 radical (unpaired) electrons. The third kappa shape index (κ3) is 4.21. The highest BCUT2D eigenvalue weighted by Gasteiger charge is 2.04. The molecule has 0 saturated heterocycles. The first-order valence-corrected chi connectivity index (χ1v) is 5.52. The smallest absolute Gasteiger partial charge is 0.304 e. The van der Waals surface area contributed by atoms with Crippen LogP contribution in [0.25, 0.3) is 0 Å².